The minimum absolute atomic E-state index is 0.0935. The van der Waals surface area contributed by atoms with Crippen molar-refractivity contribution >= 4 is 28.4 Å². The van der Waals surface area contributed by atoms with Crippen molar-refractivity contribution in [2.75, 3.05) is 10.2 Å². The van der Waals surface area contributed by atoms with Crippen LogP contribution in [0, 0.1) is 0 Å². The first-order valence-electron chi connectivity index (χ1n) is 9.31. The third-order valence-electron chi connectivity index (χ3n) is 5.68. The number of anilines is 2. The van der Waals surface area contributed by atoms with Crippen LogP contribution in [0.3, 0.4) is 0 Å². The van der Waals surface area contributed by atoms with Crippen molar-refractivity contribution in [3.8, 4) is 0 Å². The van der Waals surface area contributed by atoms with Crippen LogP contribution < -0.4 is 10.2 Å². The molecule has 2 aliphatic rings. The molecule has 0 atom stereocenters. The first-order chi connectivity index (χ1) is 13.0. The number of fused-ring (bicyclic) bond motifs is 2. The van der Waals surface area contributed by atoms with E-state index in [9.17, 15) is 4.79 Å². The van der Waals surface area contributed by atoms with Crippen LogP contribution in [0.25, 0.3) is 10.9 Å². The lowest BCUT2D eigenvalue weighted by atomic mass is 9.84. The summed E-state index contributed by atoms with van der Waals surface area (Å²) in [5.41, 5.74) is 1.16. The summed E-state index contributed by atoms with van der Waals surface area (Å²) in [5, 5.41) is 4.63. The number of para-hydroxylation sites is 1. The predicted octanol–water partition coefficient (Wildman–Crippen LogP) is 3.29. The predicted molar refractivity (Wildman–Crippen MR) is 105 cm³/mol. The van der Waals surface area contributed by atoms with Crippen LogP contribution in [-0.2, 0) is 10.2 Å². The molecule has 3 heterocycles. The molecule has 1 fully saturated rings. The molecule has 6 nitrogen and oxygen atoms in total. The van der Waals surface area contributed by atoms with Gasteiger partial charge in [-0.1, -0.05) is 18.2 Å². The molecule has 0 bridgehead atoms. The maximum atomic E-state index is 12.9. The van der Waals surface area contributed by atoms with E-state index < -0.39 is 5.41 Å². The fraction of sp³-hybridized carbons (Fsp3) is 0.333. The van der Waals surface area contributed by atoms with Gasteiger partial charge in [-0.2, -0.15) is 0 Å². The maximum absolute atomic E-state index is 12.9. The number of nitrogens with zero attached hydrogens (tertiary/aromatic N) is 4. The summed E-state index contributed by atoms with van der Waals surface area (Å²) in [6.07, 6.45) is 5.08. The summed E-state index contributed by atoms with van der Waals surface area (Å²) in [5.74, 6) is 1.70. The second-order valence-corrected chi connectivity index (χ2v) is 7.88. The van der Waals surface area contributed by atoms with E-state index in [0.29, 0.717) is 6.04 Å². The molecule has 0 saturated heterocycles. The summed E-state index contributed by atoms with van der Waals surface area (Å²) in [6, 6.07) is 12.7. The highest BCUT2D eigenvalue weighted by molar-refractivity contribution is 6.06. The van der Waals surface area contributed by atoms with E-state index in [1.54, 1.807) is 12.4 Å². The average molecular weight is 359 g/mol. The van der Waals surface area contributed by atoms with Crippen molar-refractivity contribution in [2.45, 2.75) is 44.2 Å². The zero-order chi connectivity index (χ0) is 18.6. The molecule has 1 aromatic carbocycles. The van der Waals surface area contributed by atoms with Gasteiger partial charge in [-0.25, -0.2) is 9.97 Å². The number of pyridine rings is 1. The molecule has 1 amide bonds. The van der Waals surface area contributed by atoms with Crippen molar-refractivity contribution in [3.05, 3.63) is 54.5 Å². The molecule has 0 spiro atoms. The number of rotatable bonds is 3. The first kappa shape index (κ1) is 16.2. The van der Waals surface area contributed by atoms with Crippen molar-refractivity contribution in [3.63, 3.8) is 0 Å². The van der Waals surface area contributed by atoms with Crippen LogP contribution in [-0.4, -0.2) is 32.9 Å². The van der Waals surface area contributed by atoms with E-state index in [-0.39, 0.29) is 11.9 Å². The quantitative estimate of drug-likeness (QED) is 0.777. The van der Waals surface area contributed by atoms with Crippen molar-refractivity contribution in [1.82, 2.24) is 15.0 Å². The standard InChI is InChI=1S/C21H21N5O/c1-21(2)18-19(23-10-9-22-18)26(20(21)27)15-11-14(12-15)24-17-8-7-13-5-3-4-6-16(13)25-17/h3-10,14-15H,11-12H2,1-2H3,(H,24,25)/t14-,15-. The lowest BCUT2D eigenvalue weighted by Crippen LogP contribution is -2.53. The Morgan fingerprint density at radius 3 is 2.70 bits per heavy atom. The van der Waals surface area contributed by atoms with Gasteiger partial charge in [0.2, 0.25) is 5.91 Å². The van der Waals surface area contributed by atoms with Gasteiger partial charge in [0.25, 0.3) is 0 Å². The van der Waals surface area contributed by atoms with Crippen LogP contribution in [0.4, 0.5) is 11.6 Å². The number of aromatic nitrogens is 3. The van der Waals surface area contributed by atoms with E-state index in [1.165, 1.54) is 0 Å². The second kappa shape index (κ2) is 5.74. The molecule has 0 radical (unpaired) electrons. The SMILES string of the molecule is CC1(C)C(=O)N([C@H]2C[C@H](Nc3ccc4ccccc4n3)C2)c2nccnc21. The highest BCUT2D eigenvalue weighted by atomic mass is 16.2. The van der Waals surface area contributed by atoms with E-state index in [0.717, 1.165) is 41.1 Å². The van der Waals surface area contributed by atoms with Gasteiger partial charge >= 0.3 is 0 Å². The van der Waals surface area contributed by atoms with Gasteiger partial charge < -0.3 is 5.32 Å². The summed E-state index contributed by atoms with van der Waals surface area (Å²) in [7, 11) is 0. The Morgan fingerprint density at radius 2 is 1.85 bits per heavy atom. The number of benzene rings is 1. The smallest absolute Gasteiger partial charge is 0.240 e. The number of nitrogens with one attached hydrogen (secondary N) is 1. The van der Waals surface area contributed by atoms with Crippen LogP contribution in [0.2, 0.25) is 0 Å². The Bertz CT molecular complexity index is 1040. The lowest BCUT2D eigenvalue weighted by molar-refractivity contribution is -0.123. The van der Waals surface area contributed by atoms with Gasteiger partial charge in [0, 0.05) is 29.9 Å². The molecule has 27 heavy (non-hydrogen) atoms. The molecule has 136 valence electrons. The van der Waals surface area contributed by atoms with Gasteiger partial charge in [-0.15, -0.1) is 0 Å². The fourth-order valence-corrected chi connectivity index (χ4v) is 4.06. The van der Waals surface area contributed by atoms with Crippen molar-refractivity contribution in [1.29, 1.82) is 0 Å². The molecule has 1 saturated carbocycles. The van der Waals surface area contributed by atoms with Gasteiger partial charge in [0.15, 0.2) is 5.82 Å². The maximum Gasteiger partial charge on any atom is 0.240 e. The number of hydrogen-bond acceptors (Lipinski definition) is 5. The van der Waals surface area contributed by atoms with E-state index in [4.69, 9.17) is 0 Å². The van der Waals surface area contributed by atoms with E-state index in [2.05, 4.69) is 32.4 Å². The molecule has 6 heteroatoms. The molecule has 0 unspecified atom stereocenters. The van der Waals surface area contributed by atoms with Gasteiger partial charge in [-0.05, 0) is 44.9 Å². The molecule has 5 rings (SSSR count). The van der Waals surface area contributed by atoms with Gasteiger partial charge in [-0.3, -0.25) is 14.7 Å². The molecule has 1 aliphatic heterocycles. The van der Waals surface area contributed by atoms with Crippen LogP contribution in [0.1, 0.15) is 32.4 Å². The number of carbonyl (C=O) groups excluding carboxylic acids is 1. The zero-order valence-electron chi connectivity index (χ0n) is 15.4. The highest BCUT2D eigenvalue weighted by Gasteiger charge is 2.51. The first-order valence-corrected chi connectivity index (χ1v) is 9.31. The van der Waals surface area contributed by atoms with E-state index >= 15 is 0 Å². The Balaban J connectivity index is 1.31. The molecule has 1 N–H and O–H groups in total. The number of amides is 1. The molecular formula is C21H21N5O. The number of hydrogen-bond donors (Lipinski definition) is 1. The zero-order valence-corrected chi connectivity index (χ0v) is 15.4. The molecular weight excluding hydrogens is 338 g/mol. The van der Waals surface area contributed by atoms with Crippen molar-refractivity contribution < 1.29 is 4.79 Å². The third kappa shape index (κ3) is 2.47. The Kier molecular flexibility index (Phi) is 3.44. The van der Waals surface area contributed by atoms with Crippen molar-refractivity contribution in [2.24, 2.45) is 0 Å². The Hall–Kier alpha value is -3.02. The lowest BCUT2D eigenvalue weighted by Gasteiger charge is -2.41. The normalized spacial score (nSPS) is 23.2. The van der Waals surface area contributed by atoms with Gasteiger partial charge in [0.1, 0.15) is 5.82 Å². The minimum atomic E-state index is -0.609. The monoisotopic (exact) mass is 359 g/mol. The Morgan fingerprint density at radius 1 is 1.07 bits per heavy atom. The number of carbonyl (C=O) groups is 1. The second-order valence-electron chi connectivity index (χ2n) is 7.88. The van der Waals surface area contributed by atoms with Crippen LogP contribution >= 0.6 is 0 Å². The summed E-state index contributed by atoms with van der Waals surface area (Å²) in [6.45, 7) is 3.85. The summed E-state index contributed by atoms with van der Waals surface area (Å²) < 4.78 is 0. The fourth-order valence-electron chi connectivity index (χ4n) is 4.06. The molecule has 1 aliphatic carbocycles. The summed E-state index contributed by atoms with van der Waals surface area (Å²) >= 11 is 0. The highest BCUT2D eigenvalue weighted by Crippen LogP contribution is 2.43. The van der Waals surface area contributed by atoms with Crippen LogP contribution in [0.15, 0.2) is 48.8 Å². The minimum Gasteiger partial charge on any atom is -0.367 e. The van der Waals surface area contributed by atoms with Gasteiger partial charge in [0.05, 0.1) is 16.6 Å². The van der Waals surface area contributed by atoms with E-state index in [1.807, 2.05) is 43.0 Å². The largest absolute Gasteiger partial charge is 0.367 e. The third-order valence-corrected chi connectivity index (χ3v) is 5.68. The Labute approximate surface area is 157 Å². The van der Waals surface area contributed by atoms with Crippen LogP contribution in [0.5, 0.6) is 0 Å². The topological polar surface area (TPSA) is 71.0 Å². The molecule has 3 aromatic rings. The summed E-state index contributed by atoms with van der Waals surface area (Å²) in [4.78, 5) is 28.3. The average Bonchev–Trinajstić information content (AvgIpc) is 2.85. The molecule has 2 aromatic heterocycles.